The number of nitrogens with zero attached hydrogens (tertiary/aromatic N) is 2. The monoisotopic (exact) mass is 255 g/mol. The van der Waals surface area contributed by atoms with Crippen LogP contribution in [0.25, 0.3) is 0 Å². The molecule has 2 atom stereocenters. The van der Waals surface area contributed by atoms with Gasteiger partial charge in [0.2, 0.25) is 5.91 Å². The second-order valence-electron chi connectivity index (χ2n) is 6.17. The second kappa shape index (κ2) is 6.53. The topological polar surface area (TPSA) is 49.6 Å². The number of likely N-dealkylation sites (N-methyl/N-ethyl adjacent to an activating group) is 1. The van der Waals surface area contributed by atoms with E-state index in [2.05, 4.69) is 25.8 Å². The van der Waals surface area contributed by atoms with Crippen molar-refractivity contribution < 1.29 is 4.79 Å². The van der Waals surface area contributed by atoms with E-state index in [-0.39, 0.29) is 23.9 Å². The second-order valence-corrected chi connectivity index (χ2v) is 6.17. The molecule has 0 aromatic rings. The Morgan fingerprint density at radius 3 is 2.39 bits per heavy atom. The van der Waals surface area contributed by atoms with Crippen LogP contribution in [0.2, 0.25) is 0 Å². The molecular weight excluding hydrogens is 226 g/mol. The molecule has 4 nitrogen and oxygen atoms in total. The molecule has 1 fully saturated rings. The van der Waals surface area contributed by atoms with Gasteiger partial charge in [0.25, 0.3) is 0 Å². The molecule has 0 saturated carbocycles. The van der Waals surface area contributed by atoms with Gasteiger partial charge in [0.05, 0.1) is 6.04 Å². The third-order valence-corrected chi connectivity index (χ3v) is 3.81. The zero-order chi connectivity index (χ0) is 13.9. The van der Waals surface area contributed by atoms with Gasteiger partial charge in [0.15, 0.2) is 0 Å². The van der Waals surface area contributed by atoms with Gasteiger partial charge >= 0.3 is 0 Å². The summed E-state index contributed by atoms with van der Waals surface area (Å²) >= 11 is 0. The molecular formula is C14H29N3O. The number of carbonyl (C=O) groups excluding carboxylic acids is 1. The van der Waals surface area contributed by atoms with Crippen molar-refractivity contribution >= 4 is 5.91 Å². The van der Waals surface area contributed by atoms with Crippen LogP contribution in [-0.2, 0) is 4.79 Å². The Bertz CT molecular complexity index is 278. The molecule has 18 heavy (non-hydrogen) atoms. The van der Waals surface area contributed by atoms with Gasteiger partial charge in [-0.2, -0.15) is 0 Å². The van der Waals surface area contributed by atoms with Gasteiger partial charge in [-0.3, -0.25) is 4.79 Å². The quantitative estimate of drug-likeness (QED) is 0.824. The van der Waals surface area contributed by atoms with E-state index in [9.17, 15) is 4.79 Å². The third kappa shape index (κ3) is 3.69. The predicted molar refractivity (Wildman–Crippen MR) is 75.3 cm³/mol. The molecule has 2 N–H and O–H groups in total. The molecule has 0 aliphatic carbocycles. The van der Waals surface area contributed by atoms with Gasteiger partial charge in [0, 0.05) is 18.6 Å². The molecule has 1 aliphatic heterocycles. The van der Waals surface area contributed by atoms with Gasteiger partial charge in [-0.1, -0.05) is 13.8 Å². The van der Waals surface area contributed by atoms with E-state index in [4.69, 9.17) is 5.73 Å². The van der Waals surface area contributed by atoms with Crippen LogP contribution < -0.4 is 5.73 Å². The van der Waals surface area contributed by atoms with Crippen molar-refractivity contribution in [1.29, 1.82) is 0 Å². The van der Waals surface area contributed by atoms with Crippen molar-refractivity contribution in [2.45, 2.75) is 58.7 Å². The fourth-order valence-electron chi connectivity index (χ4n) is 2.68. The van der Waals surface area contributed by atoms with Crippen LogP contribution in [-0.4, -0.2) is 54.0 Å². The predicted octanol–water partition coefficient (Wildman–Crippen LogP) is 1.30. The van der Waals surface area contributed by atoms with E-state index in [1.165, 1.54) is 0 Å². The Morgan fingerprint density at radius 1 is 1.33 bits per heavy atom. The maximum Gasteiger partial charge on any atom is 0.240 e. The van der Waals surface area contributed by atoms with Crippen molar-refractivity contribution in [3.8, 4) is 0 Å². The number of amides is 1. The van der Waals surface area contributed by atoms with Crippen molar-refractivity contribution in [3.05, 3.63) is 0 Å². The first-order valence-corrected chi connectivity index (χ1v) is 7.11. The van der Waals surface area contributed by atoms with E-state index >= 15 is 0 Å². The van der Waals surface area contributed by atoms with E-state index in [0.29, 0.717) is 6.04 Å². The summed E-state index contributed by atoms with van der Waals surface area (Å²) in [5, 5.41) is 0. The van der Waals surface area contributed by atoms with Gasteiger partial charge in [-0.15, -0.1) is 0 Å². The van der Waals surface area contributed by atoms with Gasteiger partial charge in [-0.05, 0) is 46.2 Å². The van der Waals surface area contributed by atoms with Gasteiger partial charge < -0.3 is 15.5 Å². The maximum absolute atomic E-state index is 12.5. The lowest BCUT2D eigenvalue weighted by Crippen LogP contribution is -2.57. The highest BCUT2D eigenvalue weighted by Gasteiger charge is 2.32. The number of nitrogens with two attached hydrogens (primary N) is 1. The Balaban J connectivity index is 2.78. The normalized spacial score (nSPS) is 23.4. The maximum atomic E-state index is 12.5. The molecule has 0 bridgehead atoms. The number of carbonyl (C=O) groups is 1. The third-order valence-electron chi connectivity index (χ3n) is 3.81. The molecule has 0 aromatic carbocycles. The van der Waals surface area contributed by atoms with Crippen molar-refractivity contribution in [2.24, 2.45) is 11.7 Å². The molecule has 1 aliphatic rings. The Labute approximate surface area is 111 Å². The smallest absolute Gasteiger partial charge is 0.240 e. The summed E-state index contributed by atoms with van der Waals surface area (Å²) in [5.41, 5.74) is 6.04. The summed E-state index contributed by atoms with van der Waals surface area (Å²) in [6, 6.07) is 0.166. The number of piperidine rings is 1. The molecule has 0 radical (unpaired) electrons. The minimum Gasteiger partial charge on any atom is -0.335 e. The fourth-order valence-corrected chi connectivity index (χ4v) is 2.68. The highest BCUT2D eigenvalue weighted by Crippen LogP contribution is 2.19. The minimum atomic E-state index is -0.375. The zero-order valence-electron chi connectivity index (χ0n) is 12.5. The summed E-state index contributed by atoms with van der Waals surface area (Å²) in [6.45, 7) is 10.3. The van der Waals surface area contributed by atoms with Crippen LogP contribution in [0.5, 0.6) is 0 Å². The van der Waals surface area contributed by atoms with E-state index in [1.807, 2.05) is 18.7 Å². The Morgan fingerprint density at radius 2 is 1.94 bits per heavy atom. The van der Waals surface area contributed by atoms with Crippen LogP contribution in [0.3, 0.4) is 0 Å². The number of rotatable bonds is 4. The van der Waals surface area contributed by atoms with Crippen molar-refractivity contribution in [2.75, 3.05) is 20.1 Å². The molecule has 4 heteroatoms. The molecule has 1 amide bonds. The van der Waals surface area contributed by atoms with Crippen molar-refractivity contribution in [3.63, 3.8) is 0 Å². The van der Waals surface area contributed by atoms with E-state index in [0.717, 1.165) is 25.9 Å². The standard InChI is InChI=1S/C14H29N3O/c1-10(2)13(15)14(18)17(11(3)4)12-7-6-8-16(5)9-12/h10-13H,6-9,15H2,1-5H3/t12?,13-/m0/s1. The Kier molecular flexibility index (Phi) is 5.60. The first kappa shape index (κ1) is 15.4. The number of likely N-dealkylation sites (tertiary alicyclic amines) is 1. The van der Waals surface area contributed by atoms with Gasteiger partial charge in [0.1, 0.15) is 0 Å². The molecule has 0 aromatic heterocycles. The lowest BCUT2D eigenvalue weighted by molar-refractivity contribution is -0.139. The molecule has 106 valence electrons. The first-order valence-electron chi connectivity index (χ1n) is 7.11. The highest BCUT2D eigenvalue weighted by molar-refractivity contribution is 5.82. The average Bonchev–Trinajstić information content (AvgIpc) is 2.27. The molecule has 1 heterocycles. The van der Waals surface area contributed by atoms with Crippen LogP contribution in [0.1, 0.15) is 40.5 Å². The fraction of sp³-hybridized carbons (Fsp3) is 0.929. The average molecular weight is 255 g/mol. The SMILES string of the molecule is CC(C)[C@H](N)C(=O)N(C(C)C)C1CCCN(C)C1. The summed E-state index contributed by atoms with van der Waals surface area (Å²) in [6.07, 6.45) is 2.26. The lowest BCUT2D eigenvalue weighted by Gasteiger charge is -2.41. The van der Waals surface area contributed by atoms with E-state index < -0.39 is 0 Å². The molecule has 1 unspecified atom stereocenters. The van der Waals surface area contributed by atoms with Crippen LogP contribution in [0, 0.1) is 5.92 Å². The molecule has 0 spiro atoms. The summed E-state index contributed by atoms with van der Waals surface area (Å²) in [5.74, 6) is 0.306. The number of hydrogen-bond donors (Lipinski definition) is 1. The minimum absolute atomic E-state index is 0.111. The Hall–Kier alpha value is -0.610. The lowest BCUT2D eigenvalue weighted by atomic mass is 9.98. The summed E-state index contributed by atoms with van der Waals surface area (Å²) < 4.78 is 0. The summed E-state index contributed by atoms with van der Waals surface area (Å²) in [4.78, 5) is 16.8. The summed E-state index contributed by atoms with van der Waals surface area (Å²) in [7, 11) is 2.12. The van der Waals surface area contributed by atoms with Crippen molar-refractivity contribution in [1.82, 2.24) is 9.80 Å². The van der Waals surface area contributed by atoms with Crippen LogP contribution in [0.15, 0.2) is 0 Å². The molecule has 1 saturated heterocycles. The van der Waals surface area contributed by atoms with Crippen LogP contribution >= 0.6 is 0 Å². The highest BCUT2D eigenvalue weighted by atomic mass is 16.2. The van der Waals surface area contributed by atoms with Crippen LogP contribution in [0.4, 0.5) is 0 Å². The first-order chi connectivity index (χ1) is 8.34. The van der Waals surface area contributed by atoms with Gasteiger partial charge in [-0.25, -0.2) is 0 Å². The number of hydrogen-bond acceptors (Lipinski definition) is 3. The van der Waals surface area contributed by atoms with E-state index in [1.54, 1.807) is 0 Å². The molecule has 1 rings (SSSR count). The largest absolute Gasteiger partial charge is 0.335 e. The zero-order valence-corrected chi connectivity index (χ0v) is 12.5.